The molecule has 110 valence electrons. The number of thioether (sulfide) groups is 1. The second kappa shape index (κ2) is 7.96. The van der Waals surface area contributed by atoms with Crippen molar-refractivity contribution in [2.45, 2.75) is 5.75 Å². The lowest BCUT2D eigenvalue weighted by Crippen LogP contribution is -2.14. The van der Waals surface area contributed by atoms with Gasteiger partial charge in [0.05, 0.1) is 12.9 Å². The van der Waals surface area contributed by atoms with Crippen LogP contribution in [0, 0.1) is 0 Å². The highest BCUT2D eigenvalue weighted by Gasteiger charge is 2.04. The molecule has 0 radical (unpaired) electrons. The molecule has 0 unspecified atom stereocenters. The molecule has 0 bridgehead atoms. The zero-order valence-corrected chi connectivity index (χ0v) is 13.2. The van der Waals surface area contributed by atoms with Crippen LogP contribution >= 0.6 is 23.4 Å². The van der Waals surface area contributed by atoms with Crippen LogP contribution in [0.15, 0.2) is 48.5 Å². The van der Waals surface area contributed by atoms with Crippen LogP contribution in [0.3, 0.4) is 0 Å². The maximum Gasteiger partial charge on any atom is 0.234 e. The third-order valence-electron chi connectivity index (χ3n) is 2.74. The molecule has 0 aromatic heterocycles. The molecule has 0 fully saturated rings. The number of hydrogen-bond acceptors (Lipinski definition) is 3. The van der Waals surface area contributed by atoms with Gasteiger partial charge in [0.25, 0.3) is 0 Å². The van der Waals surface area contributed by atoms with Crippen LogP contribution in [-0.2, 0) is 10.5 Å². The van der Waals surface area contributed by atoms with Crippen molar-refractivity contribution in [3.8, 4) is 5.75 Å². The van der Waals surface area contributed by atoms with Gasteiger partial charge in [0.2, 0.25) is 5.91 Å². The van der Waals surface area contributed by atoms with E-state index in [1.165, 1.54) is 0 Å². The zero-order chi connectivity index (χ0) is 15.1. The van der Waals surface area contributed by atoms with Crippen LogP contribution in [-0.4, -0.2) is 18.8 Å². The summed E-state index contributed by atoms with van der Waals surface area (Å²) in [6.07, 6.45) is 0. The van der Waals surface area contributed by atoms with Crippen molar-refractivity contribution < 1.29 is 9.53 Å². The molecule has 2 aromatic rings. The van der Waals surface area contributed by atoms with E-state index >= 15 is 0 Å². The van der Waals surface area contributed by atoms with Crippen LogP contribution in [0.2, 0.25) is 5.02 Å². The molecule has 0 spiro atoms. The highest BCUT2D eigenvalue weighted by molar-refractivity contribution is 7.99. The van der Waals surface area contributed by atoms with Gasteiger partial charge in [-0.25, -0.2) is 0 Å². The first-order valence-electron chi connectivity index (χ1n) is 6.43. The number of amides is 1. The fourth-order valence-electron chi connectivity index (χ4n) is 1.79. The molecular weight excluding hydrogens is 306 g/mol. The summed E-state index contributed by atoms with van der Waals surface area (Å²) < 4.78 is 5.12. The lowest BCUT2D eigenvalue weighted by molar-refractivity contribution is -0.113. The normalized spacial score (nSPS) is 10.2. The van der Waals surface area contributed by atoms with Gasteiger partial charge < -0.3 is 10.1 Å². The number of halogens is 1. The summed E-state index contributed by atoms with van der Waals surface area (Å²) in [5.74, 6) is 1.84. The van der Waals surface area contributed by atoms with Crippen molar-refractivity contribution >= 4 is 35.0 Å². The largest absolute Gasteiger partial charge is 0.497 e. The zero-order valence-electron chi connectivity index (χ0n) is 11.6. The summed E-state index contributed by atoms with van der Waals surface area (Å²) in [4.78, 5) is 11.9. The Morgan fingerprint density at radius 1 is 1.24 bits per heavy atom. The number of benzene rings is 2. The molecule has 0 aliphatic rings. The Morgan fingerprint density at radius 2 is 2.05 bits per heavy atom. The Balaban J connectivity index is 1.79. The SMILES string of the molecule is COc1cccc(NC(=O)CSCc2cccc(Cl)c2)c1. The van der Waals surface area contributed by atoms with Gasteiger partial charge in [0, 0.05) is 22.5 Å². The summed E-state index contributed by atoms with van der Waals surface area (Å²) in [6.45, 7) is 0. The number of nitrogens with one attached hydrogen (secondary N) is 1. The minimum atomic E-state index is -0.0321. The standard InChI is InChI=1S/C16H16ClNO2S/c1-20-15-7-3-6-14(9-15)18-16(19)11-21-10-12-4-2-5-13(17)8-12/h2-9H,10-11H2,1H3,(H,18,19). The Bertz CT molecular complexity index is 619. The Morgan fingerprint density at radius 3 is 2.81 bits per heavy atom. The van der Waals surface area contributed by atoms with Crippen LogP contribution in [0.5, 0.6) is 5.75 Å². The van der Waals surface area contributed by atoms with Crippen molar-refractivity contribution in [2.24, 2.45) is 0 Å². The molecule has 3 nitrogen and oxygen atoms in total. The minimum Gasteiger partial charge on any atom is -0.497 e. The molecule has 0 aliphatic carbocycles. The van der Waals surface area contributed by atoms with Gasteiger partial charge in [0.1, 0.15) is 5.75 Å². The van der Waals surface area contributed by atoms with Crippen molar-refractivity contribution in [3.63, 3.8) is 0 Å². The summed E-state index contributed by atoms with van der Waals surface area (Å²) in [7, 11) is 1.60. The molecule has 1 amide bonds. The van der Waals surface area contributed by atoms with Crippen LogP contribution < -0.4 is 10.1 Å². The Kier molecular flexibility index (Phi) is 5.96. The van der Waals surface area contributed by atoms with E-state index in [-0.39, 0.29) is 5.91 Å². The van der Waals surface area contributed by atoms with Gasteiger partial charge in [-0.05, 0) is 29.8 Å². The van der Waals surface area contributed by atoms with E-state index in [1.54, 1.807) is 24.9 Å². The highest BCUT2D eigenvalue weighted by Crippen LogP contribution is 2.19. The fraction of sp³-hybridized carbons (Fsp3) is 0.188. The quantitative estimate of drug-likeness (QED) is 0.865. The van der Waals surface area contributed by atoms with E-state index in [0.29, 0.717) is 10.8 Å². The van der Waals surface area contributed by atoms with E-state index in [0.717, 1.165) is 22.8 Å². The van der Waals surface area contributed by atoms with Crippen LogP contribution in [0.25, 0.3) is 0 Å². The van der Waals surface area contributed by atoms with Crippen molar-refractivity contribution in [1.29, 1.82) is 0 Å². The maximum atomic E-state index is 11.9. The number of methoxy groups -OCH3 is 1. The molecule has 0 aliphatic heterocycles. The smallest absolute Gasteiger partial charge is 0.234 e. The third kappa shape index (κ3) is 5.33. The molecule has 0 saturated heterocycles. The minimum absolute atomic E-state index is 0.0321. The van der Waals surface area contributed by atoms with E-state index in [4.69, 9.17) is 16.3 Å². The van der Waals surface area contributed by atoms with E-state index in [1.807, 2.05) is 42.5 Å². The van der Waals surface area contributed by atoms with Crippen LogP contribution in [0.1, 0.15) is 5.56 Å². The van der Waals surface area contributed by atoms with Gasteiger partial charge in [-0.15, -0.1) is 11.8 Å². The van der Waals surface area contributed by atoms with Crippen molar-refractivity contribution in [3.05, 3.63) is 59.1 Å². The molecule has 0 atom stereocenters. The van der Waals surface area contributed by atoms with Crippen molar-refractivity contribution in [2.75, 3.05) is 18.2 Å². The molecule has 21 heavy (non-hydrogen) atoms. The summed E-state index contributed by atoms with van der Waals surface area (Å²) in [5, 5.41) is 3.57. The van der Waals surface area contributed by atoms with Gasteiger partial charge in [-0.3, -0.25) is 4.79 Å². The van der Waals surface area contributed by atoms with Gasteiger partial charge in [0.15, 0.2) is 0 Å². The molecule has 2 rings (SSSR count). The predicted octanol–water partition coefficient (Wildman–Crippen LogP) is 4.22. The van der Waals surface area contributed by atoms with E-state index in [9.17, 15) is 4.79 Å². The second-order valence-corrected chi connectivity index (χ2v) is 5.82. The molecule has 0 heterocycles. The van der Waals surface area contributed by atoms with E-state index in [2.05, 4.69) is 5.32 Å². The highest BCUT2D eigenvalue weighted by atomic mass is 35.5. The number of carbonyl (C=O) groups is 1. The van der Waals surface area contributed by atoms with Crippen LogP contribution in [0.4, 0.5) is 5.69 Å². The van der Waals surface area contributed by atoms with Gasteiger partial charge in [-0.2, -0.15) is 0 Å². The predicted molar refractivity (Wildman–Crippen MR) is 89.2 cm³/mol. The second-order valence-electron chi connectivity index (χ2n) is 4.40. The maximum absolute atomic E-state index is 11.9. The third-order valence-corrected chi connectivity index (χ3v) is 3.98. The molecule has 1 N–H and O–H groups in total. The van der Waals surface area contributed by atoms with Gasteiger partial charge >= 0.3 is 0 Å². The first-order valence-corrected chi connectivity index (χ1v) is 7.97. The first kappa shape index (κ1) is 15.7. The summed E-state index contributed by atoms with van der Waals surface area (Å²) in [6, 6.07) is 15.0. The number of rotatable bonds is 6. The lowest BCUT2D eigenvalue weighted by atomic mass is 10.2. The number of carbonyl (C=O) groups excluding carboxylic acids is 1. The monoisotopic (exact) mass is 321 g/mol. The average molecular weight is 322 g/mol. The average Bonchev–Trinajstić information content (AvgIpc) is 2.47. The first-order chi connectivity index (χ1) is 10.2. The van der Waals surface area contributed by atoms with E-state index < -0.39 is 0 Å². The number of ether oxygens (including phenoxy) is 1. The molecule has 5 heteroatoms. The molecule has 2 aromatic carbocycles. The fourth-order valence-corrected chi connectivity index (χ4v) is 2.77. The number of hydrogen-bond donors (Lipinski definition) is 1. The summed E-state index contributed by atoms with van der Waals surface area (Å²) >= 11 is 7.47. The molecular formula is C16H16ClNO2S. The molecule has 0 saturated carbocycles. The topological polar surface area (TPSA) is 38.3 Å². The lowest BCUT2D eigenvalue weighted by Gasteiger charge is -2.07. The number of anilines is 1. The Hall–Kier alpha value is -1.65. The van der Waals surface area contributed by atoms with Crippen molar-refractivity contribution in [1.82, 2.24) is 0 Å². The Labute approximate surface area is 133 Å². The van der Waals surface area contributed by atoms with Gasteiger partial charge in [-0.1, -0.05) is 29.8 Å². The summed E-state index contributed by atoms with van der Waals surface area (Å²) in [5.41, 5.74) is 1.85.